The van der Waals surface area contributed by atoms with Crippen LogP contribution in [0.25, 0.3) is 0 Å². The SMILES string of the molecule is C[C@H](Oc1ccc(S(=O)(=O)[C@@H]2C[C@H](OC(=O)NC3(C#N)CC3)N(C(=O)C3(C)CC3)C2)c(Cl)c1)C(F)(F)F. The minimum Gasteiger partial charge on any atom is -0.481 e. The van der Waals surface area contributed by atoms with Crippen LogP contribution in [0.5, 0.6) is 5.75 Å². The highest BCUT2D eigenvalue weighted by atomic mass is 35.5. The van der Waals surface area contributed by atoms with Gasteiger partial charge in [-0.15, -0.1) is 0 Å². The molecule has 0 spiro atoms. The fraction of sp³-hybridized carbons (Fsp3) is 0.609. The van der Waals surface area contributed by atoms with Crippen LogP contribution in [-0.2, 0) is 19.4 Å². The zero-order valence-electron chi connectivity index (χ0n) is 20.0. The van der Waals surface area contributed by atoms with E-state index in [1.54, 1.807) is 6.92 Å². The number of carbonyl (C=O) groups is 2. The summed E-state index contributed by atoms with van der Waals surface area (Å²) in [5.74, 6) is -0.608. The van der Waals surface area contributed by atoms with Gasteiger partial charge in [0, 0.05) is 24.4 Å². The first-order chi connectivity index (χ1) is 17.1. The van der Waals surface area contributed by atoms with Gasteiger partial charge in [-0.1, -0.05) is 18.5 Å². The molecule has 9 nitrogen and oxygen atoms in total. The van der Waals surface area contributed by atoms with Crippen molar-refractivity contribution in [2.45, 2.75) is 80.1 Å². The number of nitriles is 1. The number of nitrogens with zero attached hydrogens (tertiary/aromatic N) is 2. The number of likely N-dealkylation sites (tertiary alicyclic amines) is 1. The van der Waals surface area contributed by atoms with E-state index in [1.165, 1.54) is 4.90 Å². The molecule has 2 amide bonds. The average molecular weight is 564 g/mol. The van der Waals surface area contributed by atoms with E-state index in [1.807, 2.05) is 6.07 Å². The lowest BCUT2D eigenvalue weighted by Gasteiger charge is -2.27. The van der Waals surface area contributed by atoms with Crippen molar-refractivity contribution < 1.29 is 40.7 Å². The molecule has 0 unspecified atom stereocenters. The van der Waals surface area contributed by atoms with Crippen LogP contribution in [0.15, 0.2) is 23.1 Å². The molecule has 0 bridgehead atoms. The fourth-order valence-electron chi connectivity index (χ4n) is 4.04. The summed E-state index contributed by atoms with van der Waals surface area (Å²) < 4.78 is 75.5. The molecule has 0 aromatic heterocycles. The number of carbonyl (C=O) groups excluding carboxylic acids is 2. The first-order valence-corrected chi connectivity index (χ1v) is 13.5. The number of benzene rings is 1. The van der Waals surface area contributed by atoms with E-state index >= 15 is 0 Å². The van der Waals surface area contributed by atoms with Crippen LogP contribution in [0.3, 0.4) is 0 Å². The van der Waals surface area contributed by atoms with Crippen molar-refractivity contribution >= 4 is 33.4 Å². The van der Waals surface area contributed by atoms with Crippen LogP contribution in [-0.4, -0.2) is 61.2 Å². The van der Waals surface area contributed by atoms with E-state index in [0.29, 0.717) is 25.7 Å². The summed E-state index contributed by atoms with van der Waals surface area (Å²) in [7, 11) is -4.20. The molecule has 3 atom stereocenters. The highest BCUT2D eigenvalue weighted by Gasteiger charge is 2.54. The topological polar surface area (TPSA) is 126 Å². The van der Waals surface area contributed by atoms with Gasteiger partial charge < -0.3 is 19.7 Å². The number of sulfone groups is 1. The maximum atomic E-state index is 13.5. The number of halogens is 4. The van der Waals surface area contributed by atoms with Crippen molar-refractivity contribution in [1.82, 2.24) is 10.2 Å². The second kappa shape index (κ2) is 9.23. The number of hydrogen-bond donors (Lipinski definition) is 1. The standard InChI is InChI=1S/C23H25ClF3N3O6S/c1-13(23(25,26)27)35-14-3-4-17(16(24)9-14)37(33,34)15-10-18(30(11-15)19(31)21(2)5-6-21)36-20(32)29-22(12-28)7-8-22/h3-4,9,13,15,18H,5-8,10-11H2,1-2H3,(H,29,32)/t13-,15+,18-/m0/s1. The third-order valence-electron chi connectivity index (χ3n) is 6.96. The molecule has 1 saturated heterocycles. The number of alkyl carbamates (subject to hydrolysis) is 1. The predicted octanol–water partition coefficient (Wildman–Crippen LogP) is 3.95. The van der Waals surface area contributed by atoms with E-state index in [9.17, 15) is 36.4 Å². The van der Waals surface area contributed by atoms with Crippen LogP contribution >= 0.6 is 11.6 Å². The molecule has 4 rings (SSSR count). The quantitative estimate of drug-likeness (QED) is 0.532. The monoisotopic (exact) mass is 563 g/mol. The Hall–Kier alpha value is -2.72. The van der Waals surface area contributed by atoms with Crippen LogP contribution < -0.4 is 10.1 Å². The van der Waals surface area contributed by atoms with Crippen LogP contribution in [0.1, 0.15) is 46.0 Å². The van der Waals surface area contributed by atoms with Gasteiger partial charge in [-0.2, -0.15) is 18.4 Å². The number of alkyl halides is 3. The van der Waals surface area contributed by atoms with Gasteiger partial charge in [-0.3, -0.25) is 4.79 Å². The number of rotatable bonds is 7. The molecule has 1 aromatic carbocycles. The Labute approximate surface area is 216 Å². The van der Waals surface area contributed by atoms with Gasteiger partial charge >= 0.3 is 12.3 Å². The maximum Gasteiger partial charge on any atom is 0.425 e. The molecule has 202 valence electrons. The van der Waals surface area contributed by atoms with Crippen molar-refractivity contribution in [3.8, 4) is 11.8 Å². The largest absolute Gasteiger partial charge is 0.481 e. The molecule has 1 N–H and O–H groups in total. The normalized spacial score (nSPS) is 24.5. The molecule has 37 heavy (non-hydrogen) atoms. The van der Waals surface area contributed by atoms with Crippen molar-refractivity contribution in [1.29, 1.82) is 5.26 Å². The molecule has 3 fully saturated rings. The fourth-order valence-corrected chi connectivity index (χ4v) is 6.25. The molecule has 3 aliphatic rings. The second-order valence-electron chi connectivity index (χ2n) is 9.99. The molecular weight excluding hydrogens is 539 g/mol. The van der Waals surface area contributed by atoms with E-state index in [2.05, 4.69) is 5.32 Å². The molecular formula is C23H25ClF3N3O6S. The van der Waals surface area contributed by atoms with Crippen molar-refractivity contribution in [2.24, 2.45) is 5.41 Å². The average Bonchev–Trinajstić information content (AvgIpc) is 3.70. The highest BCUT2D eigenvalue weighted by molar-refractivity contribution is 7.92. The summed E-state index contributed by atoms with van der Waals surface area (Å²) in [5, 5.41) is 10.1. The number of amides is 2. The van der Waals surface area contributed by atoms with Gasteiger partial charge in [-0.05, 0) is 44.7 Å². The first kappa shape index (κ1) is 27.3. The molecule has 2 aliphatic carbocycles. The molecule has 1 heterocycles. The lowest BCUT2D eigenvalue weighted by molar-refractivity contribution is -0.189. The molecule has 0 radical (unpaired) electrons. The summed E-state index contributed by atoms with van der Waals surface area (Å²) in [6, 6.07) is 5.09. The summed E-state index contributed by atoms with van der Waals surface area (Å²) in [4.78, 5) is 26.4. The zero-order valence-corrected chi connectivity index (χ0v) is 21.5. The van der Waals surface area contributed by atoms with Crippen molar-refractivity contribution in [3.63, 3.8) is 0 Å². The van der Waals surface area contributed by atoms with Crippen molar-refractivity contribution in [3.05, 3.63) is 23.2 Å². The third-order valence-corrected chi connectivity index (χ3v) is 9.57. The summed E-state index contributed by atoms with van der Waals surface area (Å²) in [6.07, 6.45) is -6.97. The number of ether oxygens (including phenoxy) is 2. The number of hydrogen-bond acceptors (Lipinski definition) is 7. The van der Waals surface area contributed by atoms with Gasteiger partial charge in [0.1, 0.15) is 11.3 Å². The maximum absolute atomic E-state index is 13.5. The van der Waals surface area contributed by atoms with Crippen LogP contribution in [0.4, 0.5) is 18.0 Å². The van der Waals surface area contributed by atoms with E-state index in [0.717, 1.165) is 25.1 Å². The summed E-state index contributed by atoms with van der Waals surface area (Å²) in [6.45, 7) is 2.28. The van der Waals surface area contributed by atoms with Crippen LogP contribution in [0.2, 0.25) is 5.02 Å². The Morgan fingerprint density at radius 1 is 1.27 bits per heavy atom. The molecule has 1 aromatic rings. The van der Waals surface area contributed by atoms with E-state index < -0.39 is 50.6 Å². The summed E-state index contributed by atoms with van der Waals surface area (Å²) >= 11 is 6.14. The molecule has 14 heteroatoms. The molecule has 2 saturated carbocycles. The Kier molecular flexibility index (Phi) is 6.82. The van der Waals surface area contributed by atoms with Gasteiger partial charge in [0.25, 0.3) is 0 Å². The predicted molar refractivity (Wildman–Crippen MR) is 123 cm³/mol. The van der Waals surface area contributed by atoms with Gasteiger partial charge in [0.2, 0.25) is 5.91 Å². The first-order valence-electron chi connectivity index (χ1n) is 11.6. The Morgan fingerprint density at radius 3 is 2.43 bits per heavy atom. The van der Waals surface area contributed by atoms with E-state index in [4.69, 9.17) is 21.1 Å². The summed E-state index contributed by atoms with van der Waals surface area (Å²) in [5.41, 5.74) is -1.69. The zero-order chi connectivity index (χ0) is 27.4. The van der Waals surface area contributed by atoms with E-state index in [-0.39, 0.29) is 34.5 Å². The Morgan fingerprint density at radius 2 is 1.92 bits per heavy atom. The third kappa shape index (κ3) is 5.60. The lowest BCUT2D eigenvalue weighted by atomic mass is 10.1. The minimum atomic E-state index is -4.62. The van der Waals surface area contributed by atoms with Gasteiger partial charge in [-0.25, -0.2) is 13.2 Å². The highest BCUT2D eigenvalue weighted by Crippen LogP contribution is 2.48. The molecule has 1 aliphatic heterocycles. The number of nitrogens with one attached hydrogen (secondary N) is 1. The second-order valence-corrected chi connectivity index (χ2v) is 12.6. The smallest absolute Gasteiger partial charge is 0.425 e. The van der Waals surface area contributed by atoms with Gasteiger partial charge in [0.05, 0.1) is 21.2 Å². The minimum absolute atomic E-state index is 0.239. The Bertz CT molecular complexity index is 1260. The van der Waals surface area contributed by atoms with Gasteiger partial charge in [0.15, 0.2) is 22.2 Å². The van der Waals surface area contributed by atoms with Crippen molar-refractivity contribution in [2.75, 3.05) is 6.54 Å². The lowest BCUT2D eigenvalue weighted by Crippen LogP contribution is -2.45. The Balaban J connectivity index is 1.54. The van der Waals surface area contributed by atoms with Crippen LogP contribution in [0, 0.1) is 16.7 Å².